The minimum absolute atomic E-state index is 0.252. The predicted octanol–water partition coefficient (Wildman–Crippen LogP) is 2.54. The van der Waals surface area contributed by atoms with Gasteiger partial charge >= 0.3 is 0 Å². The topological polar surface area (TPSA) is 98.5 Å². The molecule has 2 aromatic heterocycles. The zero-order valence-corrected chi connectivity index (χ0v) is 14.4. The number of nitrogens with zero attached hydrogens (tertiary/aromatic N) is 6. The molecule has 0 saturated heterocycles. The molecule has 0 unspecified atom stereocenters. The lowest BCUT2D eigenvalue weighted by atomic mass is 10.3. The minimum atomic E-state index is -0.372. The normalized spacial score (nSPS) is 13.8. The number of nitrogens with one attached hydrogen (secondary N) is 1. The molecule has 11 heteroatoms. The molecule has 1 aliphatic carbocycles. The zero-order valence-electron chi connectivity index (χ0n) is 12.8. The summed E-state index contributed by atoms with van der Waals surface area (Å²) in [4.78, 5) is 12.2. The Labute approximate surface area is 149 Å². The Morgan fingerprint density at radius 1 is 1.28 bits per heavy atom. The summed E-state index contributed by atoms with van der Waals surface area (Å²) in [5.74, 6) is -0.195. The highest BCUT2D eigenvalue weighted by atomic mass is 32.2. The van der Waals surface area contributed by atoms with Gasteiger partial charge in [0.2, 0.25) is 10.2 Å². The summed E-state index contributed by atoms with van der Waals surface area (Å²) >= 11 is 2.68. The summed E-state index contributed by atoms with van der Waals surface area (Å²) in [7, 11) is 0. The summed E-state index contributed by atoms with van der Waals surface area (Å²) in [6, 6.07) is 5.94. The highest BCUT2D eigenvalue weighted by molar-refractivity contribution is 7.98. The van der Waals surface area contributed by atoms with Crippen LogP contribution in [0.4, 0.5) is 10.1 Å². The van der Waals surface area contributed by atoms with Gasteiger partial charge in [-0.15, -0.1) is 15.3 Å². The average molecular weight is 377 g/mol. The van der Waals surface area contributed by atoms with Gasteiger partial charge in [-0.25, -0.2) is 9.07 Å². The summed E-state index contributed by atoms with van der Waals surface area (Å²) in [5.41, 5.74) is 0.501. The van der Waals surface area contributed by atoms with Crippen molar-refractivity contribution in [3.8, 4) is 0 Å². The first kappa shape index (κ1) is 16.1. The molecule has 128 valence electrons. The van der Waals surface area contributed by atoms with Crippen molar-refractivity contribution in [3.63, 3.8) is 0 Å². The highest BCUT2D eigenvalue weighted by Gasteiger charge is 2.28. The quantitative estimate of drug-likeness (QED) is 0.659. The molecule has 1 N–H and O–H groups in total. The van der Waals surface area contributed by atoms with E-state index in [1.165, 1.54) is 47.4 Å². The van der Waals surface area contributed by atoms with E-state index in [0.717, 1.165) is 18.0 Å². The fourth-order valence-electron chi connectivity index (χ4n) is 2.08. The SMILES string of the molecule is O=C(Nc1ccc(F)cc1)c1nnc(CSc2nnnn2C2CC2)s1. The van der Waals surface area contributed by atoms with Gasteiger partial charge in [-0.05, 0) is 47.5 Å². The van der Waals surface area contributed by atoms with E-state index in [0.29, 0.717) is 22.5 Å². The number of halogens is 1. The number of amides is 1. The van der Waals surface area contributed by atoms with Gasteiger partial charge in [0.05, 0.1) is 11.8 Å². The fourth-order valence-corrected chi connectivity index (χ4v) is 3.74. The monoisotopic (exact) mass is 377 g/mol. The van der Waals surface area contributed by atoms with Crippen LogP contribution in [0.15, 0.2) is 29.4 Å². The van der Waals surface area contributed by atoms with Gasteiger partial charge in [-0.1, -0.05) is 23.1 Å². The summed E-state index contributed by atoms with van der Waals surface area (Å²) in [6.07, 6.45) is 2.20. The van der Waals surface area contributed by atoms with E-state index in [1.807, 2.05) is 4.68 Å². The van der Waals surface area contributed by atoms with Crippen LogP contribution in [0.1, 0.15) is 33.7 Å². The molecular weight excluding hydrogens is 365 g/mol. The molecule has 0 spiro atoms. The van der Waals surface area contributed by atoms with E-state index in [1.54, 1.807) is 0 Å². The second-order valence-corrected chi connectivity index (χ2v) is 7.39. The Morgan fingerprint density at radius 3 is 2.84 bits per heavy atom. The van der Waals surface area contributed by atoms with Crippen LogP contribution >= 0.6 is 23.1 Å². The fraction of sp³-hybridized carbons (Fsp3) is 0.286. The van der Waals surface area contributed by atoms with Gasteiger partial charge in [0, 0.05) is 5.69 Å². The Bertz CT molecular complexity index is 891. The Kier molecular flexibility index (Phi) is 4.40. The third kappa shape index (κ3) is 3.82. The number of aromatic nitrogens is 6. The molecule has 0 bridgehead atoms. The second-order valence-electron chi connectivity index (χ2n) is 5.39. The number of carbonyl (C=O) groups excluding carboxylic acids is 1. The van der Waals surface area contributed by atoms with Crippen LogP contribution in [0.25, 0.3) is 0 Å². The number of hydrogen-bond donors (Lipinski definition) is 1. The first-order valence-electron chi connectivity index (χ1n) is 7.49. The molecule has 1 fully saturated rings. The molecule has 0 aliphatic heterocycles. The minimum Gasteiger partial charge on any atom is -0.320 e. The Hall–Kier alpha value is -2.40. The first-order valence-corrected chi connectivity index (χ1v) is 9.29. The number of tetrazole rings is 1. The lowest BCUT2D eigenvalue weighted by Gasteiger charge is -2.01. The van der Waals surface area contributed by atoms with Crippen molar-refractivity contribution < 1.29 is 9.18 Å². The van der Waals surface area contributed by atoms with Gasteiger partial charge < -0.3 is 5.32 Å². The summed E-state index contributed by atoms with van der Waals surface area (Å²) < 4.78 is 14.7. The van der Waals surface area contributed by atoms with Gasteiger partial charge in [0.1, 0.15) is 10.8 Å². The van der Waals surface area contributed by atoms with Crippen molar-refractivity contribution in [3.05, 3.63) is 40.1 Å². The van der Waals surface area contributed by atoms with E-state index >= 15 is 0 Å². The van der Waals surface area contributed by atoms with Crippen LogP contribution < -0.4 is 5.32 Å². The molecule has 3 aromatic rings. The summed E-state index contributed by atoms with van der Waals surface area (Å²) in [5, 5.41) is 24.0. The van der Waals surface area contributed by atoms with Gasteiger partial charge in [0.15, 0.2) is 0 Å². The average Bonchev–Trinajstić information content (AvgIpc) is 3.16. The van der Waals surface area contributed by atoms with E-state index in [-0.39, 0.29) is 16.7 Å². The molecule has 0 radical (unpaired) electrons. The van der Waals surface area contributed by atoms with Crippen molar-refractivity contribution in [2.45, 2.75) is 29.8 Å². The van der Waals surface area contributed by atoms with Crippen LogP contribution in [0, 0.1) is 5.82 Å². The predicted molar refractivity (Wildman–Crippen MR) is 89.9 cm³/mol. The van der Waals surface area contributed by atoms with Gasteiger partial charge in [-0.2, -0.15) is 0 Å². The molecule has 25 heavy (non-hydrogen) atoms. The number of benzene rings is 1. The lowest BCUT2D eigenvalue weighted by Crippen LogP contribution is -2.11. The van der Waals surface area contributed by atoms with Crippen molar-refractivity contribution in [1.82, 2.24) is 30.4 Å². The maximum atomic E-state index is 12.9. The van der Waals surface area contributed by atoms with E-state index in [2.05, 4.69) is 31.0 Å². The number of thioether (sulfide) groups is 1. The number of carbonyl (C=O) groups is 1. The van der Waals surface area contributed by atoms with Gasteiger partial charge in [-0.3, -0.25) is 4.79 Å². The largest absolute Gasteiger partial charge is 0.320 e. The van der Waals surface area contributed by atoms with Crippen molar-refractivity contribution >= 4 is 34.7 Å². The molecule has 2 heterocycles. The van der Waals surface area contributed by atoms with Gasteiger partial charge in [0.25, 0.3) is 5.91 Å². The van der Waals surface area contributed by atoms with Crippen LogP contribution in [0.5, 0.6) is 0 Å². The lowest BCUT2D eigenvalue weighted by molar-refractivity contribution is 0.102. The third-order valence-electron chi connectivity index (χ3n) is 3.44. The standard InChI is InChI=1S/C14H12FN7OS2/c15-8-1-3-9(4-2-8)16-12(23)13-18-17-11(25-13)7-24-14-19-20-21-22(14)10-5-6-10/h1-4,10H,5-7H2,(H,16,23). The second kappa shape index (κ2) is 6.84. The molecule has 1 amide bonds. The smallest absolute Gasteiger partial charge is 0.286 e. The molecule has 1 saturated carbocycles. The van der Waals surface area contributed by atoms with Crippen LogP contribution in [-0.4, -0.2) is 36.3 Å². The van der Waals surface area contributed by atoms with E-state index in [9.17, 15) is 9.18 Å². The maximum absolute atomic E-state index is 12.9. The molecule has 1 aromatic carbocycles. The highest BCUT2D eigenvalue weighted by Crippen LogP contribution is 2.37. The van der Waals surface area contributed by atoms with E-state index < -0.39 is 0 Å². The van der Waals surface area contributed by atoms with Crippen molar-refractivity contribution in [2.75, 3.05) is 5.32 Å². The zero-order chi connectivity index (χ0) is 17.2. The Balaban J connectivity index is 1.37. The molecular formula is C14H12FN7OS2. The molecule has 4 rings (SSSR count). The van der Waals surface area contributed by atoms with Crippen molar-refractivity contribution in [1.29, 1.82) is 0 Å². The van der Waals surface area contributed by atoms with E-state index in [4.69, 9.17) is 0 Å². The number of hydrogen-bond acceptors (Lipinski definition) is 8. The van der Waals surface area contributed by atoms with Crippen LogP contribution in [-0.2, 0) is 5.75 Å². The maximum Gasteiger partial charge on any atom is 0.286 e. The first-order chi connectivity index (χ1) is 12.2. The molecule has 8 nitrogen and oxygen atoms in total. The Morgan fingerprint density at radius 2 is 2.08 bits per heavy atom. The molecule has 1 aliphatic rings. The summed E-state index contributed by atoms with van der Waals surface area (Å²) in [6.45, 7) is 0. The number of rotatable bonds is 6. The molecule has 0 atom stereocenters. The number of anilines is 1. The van der Waals surface area contributed by atoms with Crippen LogP contribution in [0.3, 0.4) is 0 Å². The third-order valence-corrected chi connectivity index (χ3v) is 5.49. The van der Waals surface area contributed by atoms with Crippen molar-refractivity contribution in [2.24, 2.45) is 0 Å². The van der Waals surface area contributed by atoms with Crippen LogP contribution in [0.2, 0.25) is 0 Å².